The Morgan fingerprint density at radius 3 is 2.55 bits per heavy atom. The van der Waals surface area contributed by atoms with Gasteiger partial charge in [0, 0.05) is 23.8 Å². The van der Waals surface area contributed by atoms with Gasteiger partial charge in [-0.3, -0.25) is 4.79 Å². The molecule has 2 fully saturated rings. The van der Waals surface area contributed by atoms with Gasteiger partial charge in [0.2, 0.25) is 5.88 Å². The molecule has 2 aromatic rings. The normalized spacial score (nSPS) is 22.0. The molecule has 1 amide bonds. The minimum absolute atomic E-state index is 0.217. The molecule has 8 heteroatoms. The number of nitrogens with zero attached hydrogens (tertiary/aromatic N) is 2. The summed E-state index contributed by atoms with van der Waals surface area (Å²) in [5.41, 5.74) is 0.235. The summed E-state index contributed by atoms with van der Waals surface area (Å²) in [6.45, 7) is 2.20. The summed E-state index contributed by atoms with van der Waals surface area (Å²) in [4.78, 5) is 22.1. The Balaban J connectivity index is 1.59. The van der Waals surface area contributed by atoms with Crippen molar-refractivity contribution in [1.82, 2.24) is 15.3 Å². The summed E-state index contributed by atoms with van der Waals surface area (Å²) >= 11 is 0. The number of carbonyl (C=O) groups is 1. The molecule has 7 nitrogen and oxygen atoms in total. The van der Waals surface area contributed by atoms with Crippen LogP contribution in [-0.4, -0.2) is 36.6 Å². The molecular weight excluding hydrogens is 414 g/mol. The molecule has 0 spiro atoms. The number of carbonyl (C=O) groups excluding carboxylic acids is 1. The van der Waals surface area contributed by atoms with Gasteiger partial charge in [0.25, 0.3) is 5.91 Å². The minimum atomic E-state index is -3.27. The van der Waals surface area contributed by atoms with E-state index in [0.717, 1.165) is 37.3 Å². The van der Waals surface area contributed by atoms with Crippen LogP contribution in [-0.2, 0) is 9.84 Å². The molecule has 1 aromatic heterocycles. The Hall–Kier alpha value is -2.74. The van der Waals surface area contributed by atoms with Crippen LogP contribution in [0.15, 0.2) is 48.0 Å². The zero-order chi connectivity index (χ0) is 22.0. The van der Waals surface area contributed by atoms with Crippen LogP contribution >= 0.6 is 0 Å². The Bertz CT molecular complexity index is 1080. The van der Waals surface area contributed by atoms with E-state index < -0.39 is 9.84 Å². The summed E-state index contributed by atoms with van der Waals surface area (Å²) in [7, 11) is -3.27. The molecule has 1 aromatic carbocycles. The lowest BCUT2D eigenvalue weighted by atomic mass is 9.76. The maximum atomic E-state index is 13.1. The zero-order valence-corrected chi connectivity index (χ0v) is 18.5. The molecule has 0 unspecified atom stereocenters. The van der Waals surface area contributed by atoms with Crippen LogP contribution in [0, 0.1) is 11.8 Å². The molecule has 0 bridgehead atoms. The topological polar surface area (TPSA) is 98.2 Å². The molecule has 2 aliphatic carbocycles. The van der Waals surface area contributed by atoms with Crippen molar-refractivity contribution in [3.8, 4) is 11.6 Å². The SMILES string of the molecule is CS(=O)(=O)/C=C/[C@@H](NC(=O)c1cnc([C@H]2C[C@@H](C)C2)nc1Oc1ccccc1)C1CC1. The monoisotopic (exact) mass is 441 g/mol. The first-order valence-corrected chi connectivity index (χ1v) is 12.5. The average molecular weight is 442 g/mol. The molecule has 0 radical (unpaired) electrons. The largest absolute Gasteiger partial charge is 0.438 e. The fourth-order valence-electron chi connectivity index (χ4n) is 3.76. The highest BCUT2D eigenvalue weighted by Gasteiger charge is 2.33. The van der Waals surface area contributed by atoms with E-state index >= 15 is 0 Å². The summed E-state index contributed by atoms with van der Waals surface area (Å²) in [5, 5.41) is 4.08. The van der Waals surface area contributed by atoms with Crippen LogP contribution in [0.4, 0.5) is 0 Å². The fraction of sp³-hybridized carbons (Fsp3) is 0.435. The number of nitrogens with one attached hydrogen (secondary N) is 1. The number of benzene rings is 1. The number of ether oxygens (including phenoxy) is 1. The standard InChI is InChI=1S/C23H27N3O4S/c1-15-12-17(13-15)21-24-14-19(23(26-21)30-18-6-4-3-5-7-18)22(27)25-20(16-8-9-16)10-11-31(2,28)29/h3-7,10-11,14-17,20H,8-9,12-13H2,1-2H3,(H,25,27)/b11-10+/t15-,17+,20-/m1/s1. The van der Waals surface area contributed by atoms with Gasteiger partial charge in [-0.05, 0) is 49.7 Å². The maximum absolute atomic E-state index is 13.1. The quantitative estimate of drug-likeness (QED) is 0.668. The molecule has 1 heterocycles. The first-order valence-electron chi connectivity index (χ1n) is 10.6. The molecule has 1 atom stereocenters. The van der Waals surface area contributed by atoms with E-state index in [1.54, 1.807) is 18.2 Å². The van der Waals surface area contributed by atoms with Gasteiger partial charge < -0.3 is 10.1 Å². The van der Waals surface area contributed by atoms with Crippen LogP contribution in [0.5, 0.6) is 11.6 Å². The third-order valence-corrected chi connectivity index (χ3v) is 6.33. The van der Waals surface area contributed by atoms with Gasteiger partial charge in [-0.2, -0.15) is 4.98 Å². The number of amides is 1. The van der Waals surface area contributed by atoms with Crippen molar-refractivity contribution in [3.05, 3.63) is 59.4 Å². The summed E-state index contributed by atoms with van der Waals surface area (Å²) in [6, 6.07) is 8.83. The Labute approximate surface area is 182 Å². The van der Waals surface area contributed by atoms with Crippen molar-refractivity contribution in [2.45, 2.75) is 44.6 Å². The smallest absolute Gasteiger partial charge is 0.258 e. The molecule has 2 saturated carbocycles. The molecular formula is C23H27N3O4S. The number of rotatable bonds is 8. The van der Waals surface area contributed by atoms with Gasteiger partial charge >= 0.3 is 0 Å². The van der Waals surface area contributed by atoms with Gasteiger partial charge in [-0.25, -0.2) is 13.4 Å². The van der Waals surface area contributed by atoms with Crippen LogP contribution in [0.25, 0.3) is 0 Å². The highest BCUT2D eigenvalue weighted by Crippen LogP contribution is 2.40. The Morgan fingerprint density at radius 1 is 1.23 bits per heavy atom. The van der Waals surface area contributed by atoms with E-state index in [2.05, 4.69) is 22.2 Å². The first-order chi connectivity index (χ1) is 14.8. The van der Waals surface area contributed by atoms with E-state index in [9.17, 15) is 13.2 Å². The Kier molecular flexibility index (Phi) is 6.09. The van der Waals surface area contributed by atoms with Crippen molar-refractivity contribution >= 4 is 15.7 Å². The van der Waals surface area contributed by atoms with Gasteiger partial charge in [0.05, 0.1) is 6.04 Å². The number of sulfone groups is 1. The average Bonchev–Trinajstić information content (AvgIpc) is 3.54. The third kappa shape index (κ3) is 5.70. The second-order valence-corrected chi connectivity index (χ2v) is 10.6. The highest BCUT2D eigenvalue weighted by molar-refractivity contribution is 7.93. The van der Waals surface area contributed by atoms with E-state index in [0.29, 0.717) is 17.5 Å². The van der Waals surface area contributed by atoms with Crippen LogP contribution in [0.2, 0.25) is 0 Å². The molecule has 4 rings (SSSR count). The lowest BCUT2D eigenvalue weighted by Crippen LogP contribution is -2.35. The fourth-order valence-corrected chi connectivity index (χ4v) is 4.21. The lowest BCUT2D eigenvalue weighted by molar-refractivity contribution is 0.0937. The second-order valence-electron chi connectivity index (χ2n) is 8.63. The van der Waals surface area contributed by atoms with Crippen molar-refractivity contribution in [2.24, 2.45) is 11.8 Å². The second kappa shape index (κ2) is 8.78. The van der Waals surface area contributed by atoms with Gasteiger partial charge in [0.15, 0.2) is 9.84 Å². The maximum Gasteiger partial charge on any atom is 0.258 e. The highest BCUT2D eigenvalue weighted by atomic mass is 32.2. The predicted molar refractivity (Wildman–Crippen MR) is 118 cm³/mol. The number of aromatic nitrogens is 2. The van der Waals surface area contributed by atoms with Crippen molar-refractivity contribution in [1.29, 1.82) is 0 Å². The van der Waals surface area contributed by atoms with Crippen molar-refractivity contribution < 1.29 is 17.9 Å². The molecule has 1 N–H and O–H groups in total. The van der Waals surface area contributed by atoms with Crippen LogP contribution in [0.3, 0.4) is 0 Å². The number of para-hydroxylation sites is 1. The Morgan fingerprint density at radius 2 is 1.94 bits per heavy atom. The third-order valence-electron chi connectivity index (χ3n) is 5.67. The van der Waals surface area contributed by atoms with Crippen LogP contribution < -0.4 is 10.1 Å². The summed E-state index contributed by atoms with van der Waals surface area (Å²) in [5.74, 6) is 2.27. The van der Waals surface area contributed by atoms with E-state index in [4.69, 9.17) is 4.74 Å². The minimum Gasteiger partial charge on any atom is -0.438 e. The molecule has 0 aliphatic heterocycles. The van der Waals surface area contributed by atoms with Gasteiger partial charge in [0.1, 0.15) is 17.1 Å². The first kappa shape index (κ1) is 21.5. The zero-order valence-electron chi connectivity index (χ0n) is 17.7. The van der Waals surface area contributed by atoms with Gasteiger partial charge in [-0.15, -0.1) is 0 Å². The van der Waals surface area contributed by atoms with E-state index in [1.807, 2.05) is 18.2 Å². The molecule has 164 valence electrons. The molecule has 0 saturated heterocycles. The van der Waals surface area contributed by atoms with Gasteiger partial charge in [-0.1, -0.05) is 31.2 Å². The summed E-state index contributed by atoms with van der Waals surface area (Å²) in [6.07, 6.45) is 8.14. The van der Waals surface area contributed by atoms with Crippen LogP contribution in [0.1, 0.15) is 54.7 Å². The molecule has 2 aliphatic rings. The summed E-state index contributed by atoms with van der Waals surface area (Å²) < 4.78 is 29.0. The van der Waals surface area contributed by atoms with Crippen molar-refractivity contribution in [2.75, 3.05) is 6.26 Å². The number of hydrogen-bond acceptors (Lipinski definition) is 6. The lowest BCUT2D eigenvalue weighted by Gasteiger charge is -2.31. The van der Waals surface area contributed by atoms with E-state index in [-0.39, 0.29) is 35.2 Å². The van der Waals surface area contributed by atoms with E-state index in [1.165, 1.54) is 6.20 Å². The predicted octanol–water partition coefficient (Wildman–Crippen LogP) is 3.85. The molecule has 31 heavy (non-hydrogen) atoms. The number of hydrogen-bond donors (Lipinski definition) is 1. The van der Waals surface area contributed by atoms with Crippen molar-refractivity contribution in [3.63, 3.8) is 0 Å².